The molecule has 1 aromatic carbocycles. The molecule has 0 unspecified atom stereocenters. The van der Waals surface area contributed by atoms with Crippen molar-refractivity contribution in [1.82, 2.24) is 0 Å². The average molecular weight is 314 g/mol. The summed E-state index contributed by atoms with van der Waals surface area (Å²) < 4.78 is 10.6. The highest BCUT2D eigenvalue weighted by molar-refractivity contribution is 6.08. The van der Waals surface area contributed by atoms with Crippen molar-refractivity contribution in [2.45, 2.75) is 20.8 Å². The van der Waals surface area contributed by atoms with Gasteiger partial charge in [-0.1, -0.05) is 32.9 Å². The maximum absolute atomic E-state index is 11.9. The lowest BCUT2D eigenvalue weighted by molar-refractivity contribution is -0.130. The SMILES string of the molecule is CC(C)(C)C1=N/C(=C\c2ccc(N3CCOCC3)cc2)C(=O)O1. The van der Waals surface area contributed by atoms with Crippen molar-refractivity contribution < 1.29 is 14.3 Å². The highest BCUT2D eigenvalue weighted by Gasteiger charge is 2.31. The van der Waals surface area contributed by atoms with Gasteiger partial charge in [0.05, 0.1) is 13.2 Å². The summed E-state index contributed by atoms with van der Waals surface area (Å²) in [7, 11) is 0. The van der Waals surface area contributed by atoms with E-state index in [9.17, 15) is 4.79 Å². The van der Waals surface area contributed by atoms with E-state index < -0.39 is 0 Å². The van der Waals surface area contributed by atoms with Gasteiger partial charge in [0.25, 0.3) is 0 Å². The Labute approximate surface area is 136 Å². The Balaban J connectivity index is 1.77. The van der Waals surface area contributed by atoms with E-state index in [1.807, 2.05) is 32.9 Å². The lowest BCUT2D eigenvalue weighted by Crippen LogP contribution is -2.36. The molecule has 0 bridgehead atoms. The Morgan fingerprint density at radius 2 is 1.78 bits per heavy atom. The van der Waals surface area contributed by atoms with Gasteiger partial charge in [0, 0.05) is 24.2 Å². The molecule has 1 aromatic rings. The highest BCUT2D eigenvalue weighted by Crippen LogP contribution is 2.26. The third kappa shape index (κ3) is 3.62. The number of rotatable bonds is 2. The van der Waals surface area contributed by atoms with Crippen LogP contribution in [0, 0.1) is 5.41 Å². The average Bonchev–Trinajstić information content (AvgIpc) is 2.90. The molecule has 0 N–H and O–H groups in total. The monoisotopic (exact) mass is 314 g/mol. The molecule has 0 saturated carbocycles. The van der Waals surface area contributed by atoms with Crippen LogP contribution in [0.4, 0.5) is 5.69 Å². The lowest BCUT2D eigenvalue weighted by Gasteiger charge is -2.28. The number of ether oxygens (including phenoxy) is 2. The maximum Gasteiger partial charge on any atom is 0.363 e. The van der Waals surface area contributed by atoms with E-state index in [4.69, 9.17) is 9.47 Å². The minimum absolute atomic E-state index is 0.272. The third-order valence-corrected chi connectivity index (χ3v) is 3.83. The number of nitrogens with zero attached hydrogens (tertiary/aromatic N) is 2. The van der Waals surface area contributed by atoms with Gasteiger partial charge in [0.15, 0.2) is 5.70 Å². The van der Waals surface area contributed by atoms with Crippen molar-refractivity contribution in [3.63, 3.8) is 0 Å². The predicted molar refractivity (Wildman–Crippen MR) is 90.4 cm³/mol. The van der Waals surface area contributed by atoms with Crippen LogP contribution in [0.3, 0.4) is 0 Å². The third-order valence-electron chi connectivity index (χ3n) is 3.83. The summed E-state index contributed by atoms with van der Waals surface area (Å²) in [5, 5.41) is 0. The first-order valence-electron chi connectivity index (χ1n) is 7.89. The minimum atomic E-state index is -0.382. The first-order valence-corrected chi connectivity index (χ1v) is 7.89. The van der Waals surface area contributed by atoms with E-state index in [1.54, 1.807) is 6.08 Å². The fraction of sp³-hybridized carbons (Fsp3) is 0.444. The fourth-order valence-corrected chi connectivity index (χ4v) is 2.49. The van der Waals surface area contributed by atoms with Crippen LogP contribution in [0.25, 0.3) is 6.08 Å². The normalized spacial score (nSPS) is 20.7. The van der Waals surface area contributed by atoms with Crippen molar-refractivity contribution in [2.75, 3.05) is 31.2 Å². The number of cyclic esters (lactones) is 1. The van der Waals surface area contributed by atoms with E-state index in [0.29, 0.717) is 11.6 Å². The Morgan fingerprint density at radius 3 is 2.35 bits per heavy atom. The summed E-state index contributed by atoms with van der Waals surface area (Å²) in [6, 6.07) is 8.12. The molecule has 122 valence electrons. The van der Waals surface area contributed by atoms with Gasteiger partial charge in [-0.2, -0.15) is 0 Å². The molecule has 0 atom stereocenters. The smallest absolute Gasteiger partial charge is 0.363 e. The van der Waals surface area contributed by atoms with Crippen LogP contribution in [0.2, 0.25) is 0 Å². The zero-order valence-corrected chi connectivity index (χ0v) is 13.8. The van der Waals surface area contributed by atoms with Crippen molar-refractivity contribution in [1.29, 1.82) is 0 Å². The number of morpholine rings is 1. The number of carbonyl (C=O) groups excluding carboxylic acids is 1. The Morgan fingerprint density at radius 1 is 1.13 bits per heavy atom. The van der Waals surface area contributed by atoms with Gasteiger partial charge in [-0.15, -0.1) is 0 Å². The Hall–Kier alpha value is -2.14. The summed E-state index contributed by atoms with van der Waals surface area (Å²) in [6.45, 7) is 9.26. The largest absolute Gasteiger partial charge is 0.406 e. The summed E-state index contributed by atoms with van der Waals surface area (Å²) >= 11 is 0. The van der Waals surface area contributed by atoms with Crippen LogP contribution in [-0.4, -0.2) is 38.2 Å². The second-order valence-electron chi connectivity index (χ2n) is 6.78. The van der Waals surface area contributed by atoms with E-state index in [1.165, 1.54) is 5.69 Å². The Kier molecular flexibility index (Phi) is 4.22. The van der Waals surface area contributed by atoms with Crippen LogP contribution in [0.5, 0.6) is 0 Å². The molecule has 0 spiro atoms. The summed E-state index contributed by atoms with van der Waals surface area (Å²) in [5.41, 5.74) is 2.19. The molecule has 0 amide bonds. The van der Waals surface area contributed by atoms with Crippen LogP contribution in [0.15, 0.2) is 35.0 Å². The number of anilines is 1. The molecule has 0 aliphatic carbocycles. The van der Waals surface area contributed by atoms with E-state index in [0.717, 1.165) is 31.9 Å². The second kappa shape index (κ2) is 6.16. The molecule has 3 rings (SSSR count). The first kappa shape index (κ1) is 15.7. The van der Waals surface area contributed by atoms with Gasteiger partial charge in [-0.25, -0.2) is 9.79 Å². The number of aliphatic imine (C=N–C) groups is 1. The lowest BCUT2D eigenvalue weighted by atomic mass is 9.97. The quantitative estimate of drug-likeness (QED) is 0.622. The second-order valence-corrected chi connectivity index (χ2v) is 6.78. The maximum atomic E-state index is 11.9. The van der Waals surface area contributed by atoms with Gasteiger partial charge < -0.3 is 14.4 Å². The number of hydrogen-bond acceptors (Lipinski definition) is 5. The van der Waals surface area contributed by atoms with Crippen LogP contribution >= 0.6 is 0 Å². The van der Waals surface area contributed by atoms with Gasteiger partial charge in [-0.05, 0) is 23.8 Å². The predicted octanol–water partition coefficient (Wildman–Crippen LogP) is 2.87. The standard InChI is InChI=1S/C18H22N2O3/c1-18(2,3)17-19-15(16(21)23-17)12-13-4-6-14(7-5-13)20-8-10-22-11-9-20/h4-7,12H,8-11H2,1-3H3/b15-12-. The van der Waals surface area contributed by atoms with Gasteiger partial charge in [0.1, 0.15) is 0 Å². The molecule has 0 radical (unpaired) electrons. The highest BCUT2D eigenvalue weighted by atomic mass is 16.6. The number of benzene rings is 1. The van der Waals surface area contributed by atoms with Gasteiger partial charge in [-0.3, -0.25) is 0 Å². The van der Waals surface area contributed by atoms with Crippen molar-refractivity contribution in [3.8, 4) is 0 Å². The topological polar surface area (TPSA) is 51.1 Å². The van der Waals surface area contributed by atoms with E-state index >= 15 is 0 Å². The molecule has 1 fully saturated rings. The molecular weight excluding hydrogens is 292 g/mol. The molecule has 2 heterocycles. The summed E-state index contributed by atoms with van der Waals surface area (Å²) in [6.07, 6.45) is 1.77. The van der Waals surface area contributed by atoms with Gasteiger partial charge in [0.2, 0.25) is 5.90 Å². The van der Waals surface area contributed by atoms with Crippen molar-refractivity contribution in [2.24, 2.45) is 10.4 Å². The van der Waals surface area contributed by atoms with Crippen molar-refractivity contribution in [3.05, 3.63) is 35.5 Å². The zero-order chi connectivity index (χ0) is 16.4. The molecule has 23 heavy (non-hydrogen) atoms. The summed E-state index contributed by atoms with van der Waals surface area (Å²) in [4.78, 5) is 18.5. The van der Waals surface area contributed by atoms with Crippen LogP contribution < -0.4 is 4.90 Å². The van der Waals surface area contributed by atoms with Crippen LogP contribution in [-0.2, 0) is 14.3 Å². The van der Waals surface area contributed by atoms with Crippen molar-refractivity contribution >= 4 is 23.6 Å². The molecule has 2 aliphatic rings. The molecular formula is C18H22N2O3. The molecule has 2 aliphatic heterocycles. The molecule has 1 saturated heterocycles. The zero-order valence-electron chi connectivity index (χ0n) is 13.8. The number of esters is 1. The fourth-order valence-electron chi connectivity index (χ4n) is 2.49. The molecule has 0 aromatic heterocycles. The molecule has 5 heteroatoms. The number of carbonyl (C=O) groups is 1. The van der Waals surface area contributed by atoms with Gasteiger partial charge >= 0.3 is 5.97 Å². The van der Waals surface area contributed by atoms with E-state index in [2.05, 4.69) is 22.0 Å². The first-order chi connectivity index (χ1) is 10.9. The minimum Gasteiger partial charge on any atom is -0.406 e. The van der Waals surface area contributed by atoms with Crippen LogP contribution in [0.1, 0.15) is 26.3 Å². The Bertz CT molecular complexity index is 648. The molecule has 5 nitrogen and oxygen atoms in total. The summed E-state index contributed by atoms with van der Waals surface area (Å²) in [5.74, 6) is 0.0888. The van der Waals surface area contributed by atoms with E-state index in [-0.39, 0.29) is 11.4 Å². The number of hydrogen-bond donors (Lipinski definition) is 0.